The largest absolute Gasteiger partial charge is 0.508 e. The highest BCUT2D eigenvalue weighted by atomic mass is 16.5. The highest BCUT2D eigenvalue weighted by Crippen LogP contribution is 2.40. The Balaban J connectivity index is 2.05. The molecule has 1 atom stereocenters. The predicted molar refractivity (Wildman–Crippen MR) is 125 cm³/mol. The third kappa shape index (κ3) is 5.37. The number of phenols is 1. The Morgan fingerprint density at radius 2 is 1.82 bits per heavy atom. The molecule has 0 radical (unpaired) electrons. The van der Waals surface area contributed by atoms with Crippen molar-refractivity contribution in [3.8, 4) is 11.5 Å². The first-order valence-corrected chi connectivity index (χ1v) is 11.0. The average Bonchev–Trinajstić information content (AvgIpc) is 3.03. The van der Waals surface area contributed by atoms with Crippen LogP contribution in [0.25, 0.3) is 5.76 Å². The summed E-state index contributed by atoms with van der Waals surface area (Å²) in [6, 6.07) is 10.8. The zero-order valence-electron chi connectivity index (χ0n) is 19.5. The Labute approximate surface area is 194 Å². The lowest BCUT2D eigenvalue weighted by Gasteiger charge is -2.25. The van der Waals surface area contributed by atoms with Gasteiger partial charge in [-0.05, 0) is 60.7 Å². The number of methoxy groups -OCH3 is 1. The summed E-state index contributed by atoms with van der Waals surface area (Å²) in [6.45, 7) is 7.23. The van der Waals surface area contributed by atoms with Gasteiger partial charge in [-0.3, -0.25) is 9.59 Å². The zero-order chi connectivity index (χ0) is 24.1. The van der Waals surface area contributed by atoms with Crippen LogP contribution in [0.3, 0.4) is 0 Å². The number of aryl methyl sites for hydroxylation is 1. The van der Waals surface area contributed by atoms with Crippen LogP contribution in [0.1, 0.15) is 43.0 Å². The number of benzene rings is 2. The van der Waals surface area contributed by atoms with Crippen molar-refractivity contribution in [2.24, 2.45) is 5.92 Å². The lowest BCUT2D eigenvalue weighted by molar-refractivity contribution is -0.140. The van der Waals surface area contributed by atoms with Crippen LogP contribution >= 0.6 is 0 Å². The third-order valence-electron chi connectivity index (χ3n) is 5.53. The van der Waals surface area contributed by atoms with E-state index in [0.717, 1.165) is 5.56 Å². The molecular formula is C26H31NO6. The summed E-state index contributed by atoms with van der Waals surface area (Å²) < 4.78 is 10.9. The Morgan fingerprint density at radius 1 is 1.12 bits per heavy atom. The van der Waals surface area contributed by atoms with Crippen molar-refractivity contribution < 1.29 is 29.3 Å². The topological polar surface area (TPSA) is 96.3 Å². The second kappa shape index (κ2) is 10.5. The fourth-order valence-corrected chi connectivity index (χ4v) is 3.89. The van der Waals surface area contributed by atoms with E-state index in [0.29, 0.717) is 49.0 Å². The van der Waals surface area contributed by atoms with Crippen molar-refractivity contribution in [2.45, 2.75) is 33.2 Å². The molecule has 0 bridgehead atoms. The van der Waals surface area contributed by atoms with Crippen LogP contribution in [-0.2, 0) is 14.3 Å². The van der Waals surface area contributed by atoms with Crippen LogP contribution in [-0.4, -0.2) is 53.7 Å². The highest BCUT2D eigenvalue weighted by molar-refractivity contribution is 6.46. The van der Waals surface area contributed by atoms with E-state index in [-0.39, 0.29) is 17.1 Å². The molecule has 176 valence electrons. The molecule has 3 rings (SSSR count). The molecule has 1 aliphatic heterocycles. The molecule has 0 unspecified atom stereocenters. The minimum atomic E-state index is -0.765. The van der Waals surface area contributed by atoms with Gasteiger partial charge in [0, 0.05) is 25.8 Å². The van der Waals surface area contributed by atoms with Gasteiger partial charge < -0.3 is 24.6 Å². The van der Waals surface area contributed by atoms with Crippen LogP contribution in [0.2, 0.25) is 0 Å². The number of carbonyl (C=O) groups is 2. The van der Waals surface area contributed by atoms with Crippen molar-refractivity contribution in [3.05, 3.63) is 64.7 Å². The summed E-state index contributed by atoms with van der Waals surface area (Å²) in [6.07, 6.45) is 0.541. The first-order chi connectivity index (χ1) is 15.7. The number of likely N-dealkylation sites (tertiary alicyclic amines) is 1. The van der Waals surface area contributed by atoms with E-state index < -0.39 is 17.7 Å². The first kappa shape index (κ1) is 24.3. The van der Waals surface area contributed by atoms with E-state index in [1.54, 1.807) is 31.4 Å². The molecule has 33 heavy (non-hydrogen) atoms. The summed E-state index contributed by atoms with van der Waals surface area (Å²) in [7, 11) is 1.57. The number of carbonyl (C=O) groups excluding carboxylic acids is 2. The molecule has 1 amide bonds. The molecular weight excluding hydrogens is 422 g/mol. The lowest BCUT2D eigenvalue weighted by atomic mass is 9.94. The Hall–Kier alpha value is -3.32. The number of Topliss-reactive ketones (excluding diaryl/α,β-unsaturated/α-hetero) is 1. The molecule has 7 nitrogen and oxygen atoms in total. The fraction of sp³-hybridized carbons (Fsp3) is 0.385. The van der Waals surface area contributed by atoms with Gasteiger partial charge in [-0.15, -0.1) is 0 Å². The molecule has 1 heterocycles. The number of ketones is 1. The molecule has 1 aliphatic rings. The molecule has 1 saturated heterocycles. The third-order valence-corrected chi connectivity index (χ3v) is 5.53. The number of aliphatic hydroxyl groups excluding tert-OH is 1. The summed E-state index contributed by atoms with van der Waals surface area (Å²) in [5.41, 5.74) is 1.84. The van der Waals surface area contributed by atoms with Crippen LogP contribution in [0.5, 0.6) is 11.5 Å². The molecule has 0 aliphatic carbocycles. The summed E-state index contributed by atoms with van der Waals surface area (Å²) in [5, 5.41) is 20.9. The second-order valence-electron chi connectivity index (χ2n) is 8.61. The predicted octanol–water partition coefficient (Wildman–Crippen LogP) is 4.19. The smallest absolute Gasteiger partial charge is 0.295 e. The second-order valence-corrected chi connectivity index (χ2v) is 8.61. The number of nitrogens with zero attached hydrogens (tertiary/aromatic N) is 1. The molecule has 7 heteroatoms. The number of hydrogen-bond acceptors (Lipinski definition) is 6. The zero-order valence-corrected chi connectivity index (χ0v) is 19.5. The van der Waals surface area contributed by atoms with Gasteiger partial charge in [-0.25, -0.2) is 0 Å². The quantitative estimate of drug-likeness (QED) is 0.256. The van der Waals surface area contributed by atoms with Crippen LogP contribution in [0, 0.1) is 12.8 Å². The average molecular weight is 454 g/mol. The first-order valence-electron chi connectivity index (χ1n) is 11.0. The van der Waals surface area contributed by atoms with Gasteiger partial charge in [-0.2, -0.15) is 0 Å². The van der Waals surface area contributed by atoms with Gasteiger partial charge in [0.1, 0.15) is 17.3 Å². The summed E-state index contributed by atoms with van der Waals surface area (Å²) in [5.74, 6) is -0.509. The van der Waals surface area contributed by atoms with Crippen molar-refractivity contribution >= 4 is 17.4 Å². The number of aromatic hydroxyl groups is 1. The van der Waals surface area contributed by atoms with E-state index in [1.165, 1.54) is 17.0 Å². The van der Waals surface area contributed by atoms with E-state index in [2.05, 4.69) is 13.8 Å². The van der Waals surface area contributed by atoms with Crippen LogP contribution < -0.4 is 4.74 Å². The van der Waals surface area contributed by atoms with Gasteiger partial charge >= 0.3 is 0 Å². The molecule has 2 aromatic carbocycles. The van der Waals surface area contributed by atoms with E-state index in [1.807, 2.05) is 13.0 Å². The van der Waals surface area contributed by atoms with Crippen LogP contribution in [0.4, 0.5) is 0 Å². The Morgan fingerprint density at radius 3 is 2.42 bits per heavy atom. The number of amides is 1. The summed E-state index contributed by atoms with van der Waals surface area (Å²) in [4.78, 5) is 27.4. The standard InChI is InChI=1S/C26H31NO6/c1-16(2)15-33-20-10-11-21(17(3)14-20)24(29)22-23(18-6-8-19(28)9-7-18)27(12-5-13-32-4)26(31)25(22)30/h6-11,14,16,23,28-29H,5,12-13,15H2,1-4H3/t23-/m0/s1. The van der Waals surface area contributed by atoms with Gasteiger partial charge in [-0.1, -0.05) is 26.0 Å². The molecule has 2 aromatic rings. The van der Waals surface area contributed by atoms with Crippen LogP contribution in [0.15, 0.2) is 48.0 Å². The minimum absolute atomic E-state index is 0.0297. The Bertz CT molecular complexity index is 1040. The van der Waals surface area contributed by atoms with E-state index >= 15 is 0 Å². The SMILES string of the molecule is COCCCN1C(=O)C(=O)C(=C(O)c2ccc(OCC(C)C)cc2C)[C@@H]1c1ccc(O)cc1. The number of phenolic OH excluding ortho intramolecular Hbond substituents is 1. The molecule has 0 aromatic heterocycles. The molecule has 1 fully saturated rings. The maximum Gasteiger partial charge on any atom is 0.295 e. The summed E-state index contributed by atoms with van der Waals surface area (Å²) >= 11 is 0. The minimum Gasteiger partial charge on any atom is -0.508 e. The monoisotopic (exact) mass is 453 g/mol. The van der Waals surface area contributed by atoms with Gasteiger partial charge in [0.2, 0.25) is 0 Å². The van der Waals surface area contributed by atoms with Crippen molar-refractivity contribution in [1.82, 2.24) is 4.90 Å². The molecule has 0 saturated carbocycles. The number of ether oxygens (including phenoxy) is 2. The number of rotatable bonds is 9. The normalized spacial score (nSPS) is 17.7. The maximum atomic E-state index is 13.1. The van der Waals surface area contributed by atoms with E-state index in [9.17, 15) is 19.8 Å². The fourth-order valence-electron chi connectivity index (χ4n) is 3.89. The molecule has 0 spiro atoms. The molecule has 2 N–H and O–H groups in total. The Kier molecular flexibility index (Phi) is 7.76. The van der Waals surface area contributed by atoms with Crippen molar-refractivity contribution in [1.29, 1.82) is 0 Å². The highest BCUT2D eigenvalue weighted by Gasteiger charge is 2.45. The number of aliphatic hydroxyl groups is 1. The lowest BCUT2D eigenvalue weighted by Crippen LogP contribution is -2.31. The van der Waals surface area contributed by atoms with Gasteiger partial charge in [0.05, 0.1) is 18.2 Å². The number of hydrogen-bond donors (Lipinski definition) is 2. The maximum absolute atomic E-state index is 13.1. The van der Waals surface area contributed by atoms with Gasteiger partial charge in [0.15, 0.2) is 0 Å². The van der Waals surface area contributed by atoms with Gasteiger partial charge in [0.25, 0.3) is 11.7 Å². The van der Waals surface area contributed by atoms with Crippen molar-refractivity contribution in [3.63, 3.8) is 0 Å². The van der Waals surface area contributed by atoms with E-state index in [4.69, 9.17) is 9.47 Å². The van der Waals surface area contributed by atoms with Crippen molar-refractivity contribution in [2.75, 3.05) is 26.9 Å².